The maximum absolute atomic E-state index is 4.37. The molecule has 1 saturated carbocycles. The Bertz CT molecular complexity index is 112. The Morgan fingerprint density at radius 1 is 1.17 bits per heavy atom. The molecule has 0 spiro atoms. The van der Waals surface area contributed by atoms with Crippen LogP contribution in [-0.2, 0) is 32.7 Å². The second-order valence-electron chi connectivity index (χ2n) is 4.66. The van der Waals surface area contributed by atoms with E-state index in [9.17, 15) is 0 Å². The predicted octanol–water partition coefficient (Wildman–Crippen LogP) is 3.81. The van der Waals surface area contributed by atoms with Gasteiger partial charge >= 0.3 is 0 Å². The Kier molecular flexibility index (Phi) is 6.28. The minimum Gasteiger partial charge on any atom is -0.337 e. The molecule has 1 aliphatic carbocycles. The van der Waals surface area contributed by atoms with Crippen LogP contribution in [0.5, 0.6) is 0 Å². The van der Waals surface area contributed by atoms with Crippen LogP contribution < -0.4 is 0 Å². The molecule has 0 amide bonds. The molecule has 0 N–H and O–H groups in total. The number of hydrogen-bond donors (Lipinski definition) is 0. The summed E-state index contributed by atoms with van der Waals surface area (Å²) in [4.78, 5) is 0. The van der Waals surface area contributed by atoms with Crippen molar-refractivity contribution >= 4 is 0 Å². The Hall–Kier alpha value is 1.10. The SMILES string of the molecule is [CH2-]C1(CC(C)C)CCCCC1.[Y]. The van der Waals surface area contributed by atoms with Gasteiger partial charge in [-0.25, -0.2) is 0 Å². The average molecular weight is 242 g/mol. The molecule has 0 aromatic carbocycles. The summed E-state index contributed by atoms with van der Waals surface area (Å²) in [5.74, 6) is 0.825. The Labute approximate surface area is 103 Å². The van der Waals surface area contributed by atoms with E-state index in [1.807, 2.05) is 0 Å². The molecule has 1 radical (unpaired) electrons. The fourth-order valence-corrected chi connectivity index (χ4v) is 2.37. The topological polar surface area (TPSA) is 0 Å². The summed E-state index contributed by atoms with van der Waals surface area (Å²) in [5.41, 5.74) is 0.451. The monoisotopic (exact) mass is 242 g/mol. The molecule has 1 rings (SSSR count). The van der Waals surface area contributed by atoms with Gasteiger partial charge in [0.2, 0.25) is 0 Å². The molecule has 0 aromatic heterocycles. The van der Waals surface area contributed by atoms with E-state index in [1.54, 1.807) is 0 Å². The molecule has 0 nitrogen and oxygen atoms in total. The van der Waals surface area contributed by atoms with Crippen molar-refractivity contribution in [2.24, 2.45) is 11.3 Å². The van der Waals surface area contributed by atoms with Crippen LogP contribution in [0.1, 0.15) is 52.4 Å². The molecule has 1 fully saturated rings. The van der Waals surface area contributed by atoms with Gasteiger partial charge < -0.3 is 6.92 Å². The van der Waals surface area contributed by atoms with E-state index in [2.05, 4.69) is 20.8 Å². The van der Waals surface area contributed by atoms with Crippen molar-refractivity contribution in [1.29, 1.82) is 0 Å². The van der Waals surface area contributed by atoms with Crippen LogP contribution in [0, 0.1) is 18.3 Å². The van der Waals surface area contributed by atoms with Gasteiger partial charge in [-0.15, -0.1) is 0 Å². The van der Waals surface area contributed by atoms with E-state index < -0.39 is 0 Å². The van der Waals surface area contributed by atoms with E-state index >= 15 is 0 Å². The number of hydrogen-bond acceptors (Lipinski definition) is 0. The molecule has 0 saturated heterocycles. The van der Waals surface area contributed by atoms with Gasteiger partial charge in [0.05, 0.1) is 0 Å². The fourth-order valence-electron chi connectivity index (χ4n) is 2.37. The zero-order valence-electron chi connectivity index (χ0n) is 8.60. The van der Waals surface area contributed by atoms with Gasteiger partial charge in [0.25, 0.3) is 0 Å². The maximum atomic E-state index is 4.37. The van der Waals surface area contributed by atoms with Gasteiger partial charge in [-0.3, -0.25) is 0 Å². The van der Waals surface area contributed by atoms with Gasteiger partial charge in [-0.2, -0.15) is 5.41 Å². The van der Waals surface area contributed by atoms with Crippen LogP contribution in [0.2, 0.25) is 0 Å². The standard InChI is InChI=1S/C11H21.Y/c1-10(2)9-11(3)7-5-4-6-8-11;/h10H,3-9H2,1-2H3;/q-1;. The minimum atomic E-state index is 0. The van der Waals surface area contributed by atoms with Crippen molar-refractivity contribution in [1.82, 2.24) is 0 Å². The normalized spacial score (nSPS) is 22.0. The molecule has 0 unspecified atom stereocenters. The quantitative estimate of drug-likeness (QED) is 0.646. The van der Waals surface area contributed by atoms with Gasteiger partial charge in [-0.05, 0) is 5.92 Å². The Balaban J connectivity index is 0.00000121. The number of rotatable bonds is 2. The molecular formula is C11H21Y-. The maximum Gasteiger partial charge on any atom is 0 e. The molecule has 0 bridgehead atoms. The summed E-state index contributed by atoms with van der Waals surface area (Å²) < 4.78 is 0. The van der Waals surface area contributed by atoms with Gasteiger partial charge in [0.1, 0.15) is 0 Å². The molecule has 0 aliphatic heterocycles. The summed E-state index contributed by atoms with van der Waals surface area (Å²) in [6.07, 6.45) is 8.32. The molecule has 0 heterocycles. The molecular weight excluding hydrogens is 221 g/mol. The molecule has 1 heteroatoms. The smallest absolute Gasteiger partial charge is 0 e. The van der Waals surface area contributed by atoms with E-state index in [4.69, 9.17) is 0 Å². The molecule has 0 aromatic rings. The van der Waals surface area contributed by atoms with Crippen LogP contribution in [0.4, 0.5) is 0 Å². The van der Waals surface area contributed by atoms with Crippen LogP contribution in [0.15, 0.2) is 0 Å². The Morgan fingerprint density at radius 2 is 1.67 bits per heavy atom. The molecule has 69 valence electrons. The first kappa shape index (κ1) is 13.1. The van der Waals surface area contributed by atoms with Crippen molar-refractivity contribution in [3.05, 3.63) is 6.92 Å². The third-order valence-electron chi connectivity index (χ3n) is 2.76. The van der Waals surface area contributed by atoms with Crippen LogP contribution >= 0.6 is 0 Å². The van der Waals surface area contributed by atoms with Crippen molar-refractivity contribution in [3.8, 4) is 0 Å². The van der Waals surface area contributed by atoms with Crippen molar-refractivity contribution < 1.29 is 32.7 Å². The average Bonchev–Trinajstić information content (AvgIpc) is 1.85. The van der Waals surface area contributed by atoms with E-state index in [0.717, 1.165) is 5.92 Å². The molecule has 12 heavy (non-hydrogen) atoms. The van der Waals surface area contributed by atoms with Gasteiger partial charge in [0, 0.05) is 32.7 Å². The molecule has 0 atom stereocenters. The van der Waals surface area contributed by atoms with Crippen molar-refractivity contribution in [3.63, 3.8) is 0 Å². The van der Waals surface area contributed by atoms with E-state index in [0.29, 0.717) is 5.41 Å². The third-order valence-corrected chi connectivity index (χ3v) is 2.76. The van der Waals surface area contributed by atoms with Crippen molar-refractivity contribution in [2.45, 2.75) is 52.4 Å². The first-order valence-corrected chi connectivity index (χ1v) is 4.98. The van der Waals surface area contributed by atoms with Crippen LogP contribution in [0.3, 0.4) is 0 Å². The van der Waals surface area contributed by atoms with Crippen molar-refractivity contribution in [2.75, 3.05) is 0 Å². The third kappa shape index (κ3) is 4.37. The Morgan fingerprint density at radius 3 is 2.08 bits per heavy atom. The second-order valence-corrected chi connectivity index (χ2v) is 4.66. The molecule has 1 aliphatic rings. The van der Waals surface area contributed by atoms with Crippen LogP contribution in [-0.4, -0.2) is 0 Å². The predicted molar refractivity (Wildman–Crippen MR) is 50.3 cm³/mol. The summed E-state index contributed by atoms with van der Waals surface area (Å²) in [6.45, 7) is 8.98. The summed E-state index contributed by atoms with van der Waals surface area (Å²) >= 11 is 0. The largest absolute Gasteiger partial charge is 0.337 e. The first-order valence-electron chi connectivity index (χ1n) is 4.98. The fraction of sp³-hybridized carbons (Fsp3) is 0.909. The second kappa shape index (κ2) is 5.75. The van der Waals surface area contributed by atoms with Gasteiger partial charge in [0.15, 0.2) is 0 Å². The summed E-state index contributed by atoms with van der Waals surface area (Å²) in [7, 11) is 0. The van der Waals surface area contributed by atoms with E-state index in [1.165, 1.54) is 38.5 Å². The zero-order valence-corrected chi connectivity index (χ0v) is 11.4. The van der Waals surface area contributed by atoms with Crippen LogP contribution in [0.25, 0.3) is 0 Å². The zero-order chi connectivity index (χ0) is 8.32. The first-order chi connectivity index (χ1) is 5.12. The minimum absolute atomic E-state index is 0. The summed E-state index contributed by atoms with van der Waals surface area (Å²) in [5, 5.41) is 0. The van der Waals surface area contributed by atoms with Gasteiger partial charge in [-0.1, -0.05) is 52.4 Å². The summed E-state index contributed by atoms with van der Waals surface area (Å²) in [6, 6.07) is 0. The van der Waals surface area contributed by atoms with E-state index in [-0.39, 0.29) is 32.7 Å².